The summed E-state index contributed by atoms with van der Waals surface area (Å²) in [6, 6.07) is -4.83. The molecule has 4 amide bonds. The molecule has 0 aromatic heterocycles. The fourth-order valence-corrected chi connectivity index (χ4v) is 2.10. The van der Waals surface area contributed by atoms with E-state index in [0.717, 1.165) is 6.92 Å². The minimum atomic E-state index is -1.73. The molecule has 10 N–H and O–H groups in total. The number of aliphatic hydroxyl groups is 1. The van der Waals surface area contributed by atoms with Gasteiger partial charge in [-0.2, -0.15) is 0 Å². The van der Waals surface area contributed by atoms with Gasteiger partial charge in [-0.1, -0.05) is 0 Å². The number of amides is 4. The number of nitrogens with two attached hydrogens (primary N) is 2. The quantitative estimate of drug-likeness (QED) is 0.142. The van der Waals surface area contributed by atoms with E-state index in [1.807, 2.05) is 10.6 Å². The highest BCUT2D eigenvalue weighted by atomic mass is 16.4. The highest BCUT2D eigenvalue weighted by molar-refractivity contribution is 5.95. The Hall–Kier alpha value is -3.26. The zero-order chi connectivity index (χ0) is 22.7. The normalized spacial score (nSPS) is 14.6. The van der Waals surface area contributed by atoms with Gasteiger partial charge in [0.25, 0.3) is 0 Å². The first-order valence-electron chi connectivity index (χ1n) is 8.40. The minimum absolute atomic E-state index is 0.354. The number of aliphatic hydroxyl groups excluding tert-OH is 1. The van der Waals surface area contributed by atoms with Crippen LogP contribution in [0.1, 0.15) is 26.2 Å². The monoisotopic (exact) mass is 419 g/mol. The first-order valence-corrected chi connectivity index (χ1v) is 8.40. The Labute approximate surface area is 165 Å². The largest absolute Gasteiger partial charge is 0.481 e. The van der Waals surface area contributed by atoms with Crippen LogP contribution in [-0.2, 0) is 28.8 Å². The molecule has 29 heavy (non-hydrogen) atoms. The van der Waals surface area contributed by atoms with Crippen molar-refractivity contribution in [2.24, 2.45) is 11.5 Å². The van der Waals surface area contributed by atoms with E-state index in [9.17, 15) is 33.9 Å². The molecule has 14 heteroatoms. The summed E-state index contributed by atoms with van der Waals surface area (Å²) in [4.78, 5) is 69.0. The van der Waals surface area contributed by atoms with Gasteiger partial charge in [0.2, 0.25) is 23.6 Å². The molecule has 0 bridgehead atoms. The summed E-state index contributed by atoms with van der Waals surface area (Å²) in [7, 11) is 0. The lowest BCUT2D eigenvalue weighted by Gasteiger charge is -2.24. The maximum atomic E-state index is 12.3. The Morgan fingerprint density at radius 2 is 1.48 bits per heavy atom. The predicted molar refractivity (Wildman–Crippen MR) is 94.8 cm³/mol. The van der Waals surface area contributed by atoms with Gasteiger partial charge in [0, 0.05) is 6.42 Å². The number of hydrogen-bond donors (Lipinski definition) is 8. The Morgan fingerprint density at radius 1 is 0.931 bits per heavy atom. The smallest absolute Gasteiger partial charge is 0.326 e. The minimum Gasteiger partial charge on any atom is -0.481 e. The summed E-state index contributed by atoms with van der Waals surface area (Å²) >= 11 is 0. The molecule has 0 radical (unpaired) electrons. The van der Waals surface area contributed by atoms with E-state index >= 15 is 0 Å². The second kappa shape index (κ2) is 12.2. The van der Waals surface area contributed by atoms with Crippen molar-refractivity contribution >= 4 is 35.6 Å². The summed E-state index contributed by atoms with van der Waals surface area (Å²) in [5.41, 5.74) is 10.0. The van der Waals surface area contributed by atoms with Gasteiger partial charge in [-0.05, 0) is 13.3 Å². The van der Waals surface area contributed by atoms with Crippen molar-refractivity contribution in [3.8, 4) is 0 Å². The molecule has 164 valence electrons. The average Bonchev–Trinajstić information content (AvgIpc) is 2.60. The summed E-state index contributed by atoms with van der Waals surface area (Å²) < 4.78 is 0. The molecule has 0 aromatic rings. The SMILES string of the molecule is CC(O)C(NC(=O)CN)C(=O)NC(CC(=O)O)C(=O)NC(CCC(N)=O)C(=O)O. The molecule has 0 heterocycles. The van der Waals surface area contributed by atoms with Crippen molar-refractivity contribution < 1.29 is 44.1 Å². The van der Waals surface area contributed by atoms with E-state index < -0.39 is 72.8 Å². The Kier molecular flexibility index (Phi) is 10.9. The van der Waals surface area contributed by atoms with Gasteiger partial charge in [0.05, 0.1) is 19.1 Å². The fourth-order valence-electron chi connectivity index (χ4n) is 2.10. The number of carbonyl (C=O) groups is 6. The predicted octanol–water partition coefficient (Wildman–Crippen LogP) is -4.39. The second-order valence-electron chi connectivity index (χ2n) is 6.05. The third-order valence-electron chi connectivity index (χ3n) is 3.57. The van der Waals surface area contributed by atoms with Crippen LogP contribution in [0.25, 0.3) is 0 Å². The van der Waals surface area contributed by atoms with E-state index in [0.29, 0.717) is 0 Å². The van der Waals surface area contributed by atoms with Crippen LogP contribution in [0.3, 0.4) is 0 Å². The highest BCUT2D eigenvalue weighted by Crippen LogP contribution is 2.02. The van der Waals surface area contributed by atoms with Crippen molar-refractivity contribution in [1.29, 1.82) is 0 Å². The molecule has 0 aromatic carbocycles. The lowest BCUT2D eigenvalue weighted by Crippen LogP contribution is -2.59. The molecule has 0 aliphatic carbocycles. The molecule has 4 unspecified atom stereocenters. The molecule has 0 fully saturated rings. The lowest BCUT2D eigenvalue weighted by molar-refractivity contribution is -0.144. The highest BCUT2D eigenvalue weighted by Gasteiger charge is 2.32. The topological polar surface area (TPSA) is 251 Å². The molecule has 0 aliphatic heterocycles. The van der Waals surface area contributed by atoms with Crippen molar-refractivity contribution in [3.63, 3.8) is 0 Å². The number of nitrogens with one attached hydrogen (secondary N) is 3. The number of hydrogen-bond acceptors (Lipinski definition) is 8. The second-order valence-corrected chi connectivity index (χ2v) is 6.05. The van der Waals surface area contributed by atoms with Crippen molar-refractivity contribution in [2.75, 3.05) is 6.54 Å². The van der Waals surface area contributed by atoms with Crippen molar-refractivity contribution in [2.45, 2.75) is 50.4 Å². The number of carboxylic acids is 2. The molecule has 0 aliphatic rings. The number of primary amides is 1. The van der Waals surface area contributed by atoms with Gasteiger partial charge in [0.15, 0.2) is 0 Å². The van der Waals surface area contributed by atoms with Gasteiger partial charge >= 0.3 is 11.9 Å². The van der Waals surface area contributed by atoms with E-state index in [4.69, 9.17) is 21.7 Å². The van der Waals surface area contributed by atoms with Crippen molar-refractivity contribution in [3.05, 3.63) is 0 Å². The van der Waals surface area contributed by atoms with Crippen molar-refractivity contribution in [1.82, 2.24) is 16.0 Å². The zero-order valence-electron chi connectivity index (χ0n) is 15.6. The molecule has 0 saturated heterocycles. The van der Waals surface area contributed by atoms with Crippen LogP contribution in [0, 0.1) is 0 Å². The number of aliphatic carboxylic acids is 2. The molecule has 4 atom stereocenters. The van der Waals surface area contributed by atoms with E-state index in [-0.39, 0.29) is 12.8 Å². The summed E-state index contributed by atoms with van der Waals surface area (Å²) in [6.45, 7) is 0.674. The average molecular weight is 419 g/mol. The van der Waals surface area contributed by atoms with E-state index in [1.165, 1.54) is 0 Å². The first-order chi connectivity index (χ1) is 13.4. The summed E-state index contributed by atoms with van der Waals surface area (Å²) in [6.07, 6.45) is -3.05. The molecular weight excluding hydrogens is 394 g/mol. The van der Waals surface area contributed by atoms with Gasteiger partial charge in [-0.25, -0.2) is 4.79 Å². The molecule has 0 rings (SSSR count). The van der Waals surface area contributed by atoms with Crippen LogP contribution < -0.4 is 27.4 Å². The summed E-state index contributed by atoms with van der Waals surface area (Å²) in [5.74, 6) is -6.84. The van der Waals surface area contributed by atoms with Crippen LogP contribution in [-0.4, -0.2) is 81.7 Å². The van der Waals surface area contributed by atoms with Crippen LogP contribution in [0.4, 0.5) is 0 Å². The van der Waals surface area contributed by atoms with E-state index in [1.54, 1.807) is 0 Å². The number of carboxylic acid groups (broad SMARTS) is 2. The number of rotatable bonds is 13. The fraction of sp³-hybridized carbons (Fsp3) is 0.600. The maximum Gasteiger partial charge on any atom is 0.326 e. The standard InChI is InChI=1S/C15H25N5O9/c1-6(21)12(20-10(23)5-16)14(27)19-8(4-11(24)25)13(26)18-7(15(28)29)2-3-9(17)22/h6-8,12,21H,2-5,16H2,1H3,(H2,17,22)(H,18,26)(H,19,27)(H,20,23)(H,24,25)(H,28,29). The molecule has 14 nitrogen and oxygen atoms in total. The summed E-state index contributed by atoms with van der Waals surface area (Å²) in [5, 5.41) is 33.9. The van der Waals surface area contributed by atoms with Crippen LogP contribution in [0.15, 0.2) is 0 Å². The molecular formula is C15H25N5O9. The van der Waals surface area contributed by atoms with Gasteiger partial charge in [-0.3, -0.25) is 24.0 Å². The zero-order valence-corrected chi connectivity index (χ0v) is 15.6. The lowest BCUT2D eigenvalue weighted by atomic mass is 10.1. The van der Waals surface area contributed by atoms with Gasteiger partial charge < -0.3 is 42.7 Å². The van der Waals surface area contributed by atoms with Gasteiger partial charge in [-0.15, -0.1) is 0 Å². The van der Waals surface area contributed by atoms with Crippen LogP contribution in [0.2, 0.25) is 0 Å². The van der Waals surface area contributed by atoms with E-state index in [2.05, 4.69) is 5.32 Å². The molecule has 0 spiro atoms. The third kappa shape index (κ3) is 10.0. The van der Waals surface area contributed by atoms with Crippen LogP contribution >= 0.6 is 0 Å². The maximum absolute atomic E-state index is 12.3. The number of carbonyl (C=O) groups excluding carboxylic acids is 4. The Morgan fingerprint density at radius 3 is 1.90 bits per heavy atom. The van der Waals surface area contributed by atoms with Gasteiger partial charge in [0.1, 0.15) is 18.1 Å². The van der Waals surface area contributed by atoms with Crippen LogP contribution in [0.5, 0.6) is 0 Å². The first kappa shape index (κ1) is 25.7. The molecule has 0 saturated carbocycles. The Bertz CT molecular complexity index is 652. The third-order valence-corrected chi connectivity index (χ3v) is 3.57. The Balaban J connectivity index is 5.35.